The number of carbonyl (C=O) groups is 1. The normalized spacial score (nSPS) is 14.4. The van der Waals surface area contributed by atoms with Crippen molar-refractivity contribution in [1.82, 2.24) is 0 Å². The second kappa shape index (κ2) is 5.77. The summed E-state index contributed by atoms with van der Waals surface area (Å²) >= 11 is 0. The van der Waals surface area contributed by atoms with Gasteiger partial charge in [0.2, 0.25) is 5.72 Å². The summed E-state index contributed by atoms with van der Waals surface area (Å²) in [6.07, 6.45) is 0.272. The first-order valence-electron chi connectivity index (χ1n) is 6.20. The molecule has 6 heteroatoms. The molecule has 2 aromatic rings. The summed E-state index contributed by atoms with van der Waals surface area (Å²) in [5.74, 6) is 0. The van der Waals surface area contributed by atoms with Gasteiger partial charge in [0.05, 0.1) is 4.90 Å². The molecule has 0 bridgehead atoms. The summed E-state index contributed by atoms with van der Waals surface area (Å²) in [4.78, 5) is 11.2. The summed E-state index contributed by atoms with van der Waals surface area (Å²) < 4.78 is 29.4. The number of carbonyl (C=O) groups excluding carboxylic acids is 1. The van der Waals surface area contributed by atoms with Crippen LogP contribution in [0.5, 0.6) is 0 Å². The number of hydrogen-bond donors (Lipinski definition) is 1. The van der Waals surface area contributed by atoms with Gasteiger partial charge in [-0.25, -0.2) is 4.18 Å². The van der Waals surface area contributed by atoms with Crippen molar-refractivity contribution in [3.05, 3.63) is 65.7 Å². The molecule has 2 N–H and O–H groups in total. The minimum atomic E-state index is -4.15. The van der Waals surface area contributed by atoms with E-state index in [4.69, 9.17) is 9.92 Å². The van der Waals surface area contributed by atoms with Crippen LogP contribution in [0.4, 0.5) is 0 Å². The maximum absolute atomic E-state index is 12.2. The second-order valence-electron chi connectivity index (χ2n) is 4.63. The molecular weight excluding hydrogens is 290 g/mol. The van der Waals surface area contributed by atoms with Crippen molar-refractivity contribution >= 4 is 16.4 Å². The molecule has 0 radical (unpaired) electrons. The van der Waals surface area contributed by atoms with Crippen molar-refractivity contribution in [1.29, 1.82) is 0 Å². The van der Waals surface area contributed by atoms with Crippen LogP contribution in [-0.2, 0) is 24.8 Å². The van der Waals surface area contributed by atoms with E-state index in [1.807, 2.05) is 6.92 Å². The van der Waals surface area contributed by atoms with Gasteiger partial charge in [-0.05, 0) is 19.1 Å². The molecule has 0 aliphatic carbocycles. The lowest BCUT2D eigenvalue weighted by atomic mass is 10.1. The predicted octanol–water partition coefficient (Wildman–Crippen LogP) is 1.71. The standard InChI is InChI=1S/C15H15NO4S/c1-12-7-9-14(10-8-12)21(18,19)20-15(16,11-17)13-5-3-2-4-6-13/h2-11H,16H2,1H3. The van der Waals surface area contributed by atoms with Crippen LogP contribution in [0.25, 0.3) is 0 Å². The molecule has 5 nitrogen and oxygen atoms in total. The summed E-state index contributed by atoms with van der Waals surface area (Å²) in [6.45, 7) is 1.83. The molecule has 21 heavy (non-hydrogen) atoms. The van der Waals surface area contributed by atoms with Crippen molar-refractivity contribution < 1.29 is 17.4 Å². The van der Waals surface area contributed by atoms with Crippen LogP contribution < -0.4 is 5.73 Å². The van der Waals surface area contributed by atoms with E-state index in [0.29, 0.717) is 0 Å². The van der Waals surface area contributed by atoms with Crippen LogP contribution in [0.3, 0.4) is 0 Å². The average molecular weight is 305 g/mol. The molecule has 1 atom stereocenters. The van der Waals surface area contributed by atoms with Gasteiger partial charge in [-0.1, -0.05) is 48.0 Å². The summed E-state index contributed by atoms with van der Waals surface area (Å²) in [5, 5.41) is 0. The number of rotatable bonds is 5. The lowest BCUT2D eigenvalue weighted by Crippen LogP contribution is -2.43. The number of hydrogen-bond acceptors (Lipinski definition) is 5. The molecule has 0 fully saturated rings. The van der Waals surface area contributed by atoms with E-state index in [1.54, 1.807) is 30.3 Å². The molecule has 0 spiro atoms. The first-order chi connectivity index (χ1) is 9.87. The van der Waals surface area contributed by atoms with Gasteiger partial charge in [-0.15, -0.1) is 0 Å². The Labute approximate surface area is 123 Å². The van der Waals surface area contributed by atoms with Crippen molar-refractivity contribution in [3.63, 3.8) is 0 Å². The SMILES string of the molecule is Cc1ccc(S(=O)(=O)OC(N)(C=O)c2ccccc2)cc1. The Hall–Kier alpha value is -2.02. The van der Waals surface area contributed by atoms with Gasteiger partial charge in [0.15, 0.2) is 6.29 Å². The summed E-state index contributed by atoms with van der Waals surface area (Å²) in [5.41, 5.74) is 4.92. The van der Waals surface area contributed by atoms with Gasteiger partial charge >= 0.3 is 0 Å². The van der Waals surface area contributed by atoms with Gasteiger partial charge in [0.25, 0.3) is 10.1 Å². The van der Waals surface area contributed by atoms with Crippen molar-refractivity contribution in [2.75, 3.05) is 0 Å². The molecule has 0 saturated heterocycles. The van der Waals surface area contributed by atoms with E-state index in [9.17, 15) is 13.2 Å². The Balaban J connectivity index is 2.38. The van der Waals surface area contributed by atoms with E-state index in [-0.39, 0.29) is 16.7 Å². The predicted molar refractivity (Wildman–Crippen MR) is 77.8 cm³/mol. The molecule has 110 valence electrons. The van der Waals surface area contributed by atoms with Crippen LogP contribution in [0.15, 0.2) is 59.5 Å². The van der Waals surface area contributed by atoms with Gasteiger partial charge in [0.1, 0.15) is 0 Å². The molecule has 0 aliphatic heterocycles. The quantitative estimate of drug-likeness (QED) is 0.516. The highest BCUT2D eigenvalue weighted by molar-refractivity contribution is 7.86. The fourth-order valence-electron chi connectivity index (χ4n) is 1.77. The van der Waals surface area contributed by atoms with Gasteiger partial charge in [-0.3, -0.25) is 10.5 Å². The minimum absolute atomic E-state index is 0.0549. The van der Waals surface area contributed by atoms with Gasteiger partial charge in [-0.2, -0.15) is 8.42 Å². The van der Waals surface area contributed by atoms with E-state index in [0.717, 1.165) is 5.56 Å². The topological polar surface area (TPSA) is 86.5 Å². The highest BCUT2D eigenvalue weighted by atomic mass is 32.2. The Morgan fingerprint density at radius 2 is 1.62 bits per heavy atom. The van der Waals surface area contributed by atoms with Crippen molar-refractivity contribution in [3.8, 4) is 0 Å². The largest absolute Gasteiger partial charge is 0.299 e. The summed E-state index contributed by atoms with van der Waals surface area (Å²) in [6, 6.07) is 14.1. The maximum atomic E-state index is 12.2. The third kappa shape index (κ3) is 3.36. The first kappa shape index (κ1) is 15.4. The number of aldehydes is 1. The smallest absolute Gasteiger partial charge is 0.298 e. The molecule has 2 rings (SSSR count). The zero-order valence-electron chi connectivity index (χ0n) is 11.4. The molecule has 0 amide bonds. The molecule has 0 saturated carbocycles. The van der Waals surface area contributed by atoms with Crippen LogP contribution in [0.2, 0.25) is 0 Å². The third-order valence-corrected chi connectivity index (χ3v) is 4.30. The Morgan fingerprint density at radius 3 is 2.14 bits per heavy atom. The lowest BCUT2D eigenvalue weighted by molar-refractivity contribution is -0.121. The van der Waals surface area contributed by atoms with Crippen LogP contribution >= 0.6 is 0 Å². The first-order valence-corrected chi connectivity index (χ1v) is 7.61. The Bertz CT molecular complexity index is 726. The van der Waals surface area contributed by atoms with Crippen molar-refractivity contribution in [2.45, 2.75) is 17.5 Å². The van der Waals surface area contributed by atoms with E-state index in [2.05, 4.69) is 0 Å². The Kier molecular flexibility index (Phi) is 4.22. The maximum Gasteiger partial charge on any atom is 0.299 e. The molecule has 0 aromatic heterocycles. The van der Waals surface area contributed by atoms with Crippen molar-refractivity contribution in [2.24, 2.45) is 5.73 Å². The highest BCUT2D eigenvalue weighted by Crippen LogP contribution is 2.24. The number of benzene rings is 2. The van der Waals surface area contributed by atoms with Crippen LogP contribution in [-0.4, -0.2) is 14.7 Å². The summed E-state index contributed by atoms with van der Waals surface area (Å²) in [7, 11) is -4.15. The van der Waals surface area contributed by atoms with E-state index >= 15 is 0 Å². The molecule has 0 aliphatic rings. The molecule has 1 unspecified atom stereocenters. The van der Waals surface area contributed by atoms with Crippen LogP contribution in [0, 0.1) is 6.92 Å². The average Bonchev–Trinajstić information content (AvgIpc) is 2.48. The zero-order chi connectivity index (χ0) is 15.5. The van der Waals surface area contributed by atoms with E-state index < -0.39 is 15.8 Å². The highest BCUT2D eigenvalue weighted by Gasteiger charge is 2.35. The second-order valence-corrected chi connectivity index (χ2v) is 6.17. The number of aryl methyl sites for hydroxylation is 1. The molecule has 2 aromatic carbocycles. The molecule has 0 heterocycles. The van der Waals surface area contributed by atoms with Gasteiger partial charge < -0.3 is 0 Å². The zero-order valence-corrected chi connectivity index (χ0v) is 12.2. The lowest BCUT2D eigenvalue weighted by Gasteiger charge is -2.23. The third-order valence-electron chi connectivity index (χ3n) is 2.96. The minimum Gasteiger partial charge on any atom is -0.298 e. The fourth-order valence-corrected chi connectivity index (χ4v) is 2.83. The number of nitrogens with two attached hydrogens (primary N) is 1. The fraction of sp³-hybridized carbons (Fsp3) is 0.133. The van der Waals surface area contributed by atoms with Gasteiger partial charge in [0, 0.05) is 5.56 Å². The monoisotopic (exact) mass is 305 g/mol. The van der Waals surface area contributed by atoms with E-state index in [1.165, 1.54) is 24.3 Å². The van der Waals surface area contributed by atoms with Crippen LogP contribution in [0.1, 0.15) is 11.1 Å². The Morgan fingerprint density at radius 1 is 1.05 bits per heavy atom. The molecular formula is C15H15NO4S.